The second-order valence-corrected chi connectivity index (χ2v) is 3.65. The maximum absolute atomic E-state index is 12.8. The molecule has 0 atom stereocenters. The highest BCUT2D eigenvalue weighted by molar-refractivity contribution is 5.48. The minimum atomic E-state index is -0.314. The quantitative estimate of drug-likeness (QED) is 0.775. The van der Waals surface area contributed by atoms with Gasteiger partial charge in [-0.1, -0.05) is 12.2 Å². The maximum Gasteiger partial charge on any atom is 0.255 e. The molecule has 2 rings (SSSR count). The van der Waals surface area contributed by atoms with Crippen LogP contribution in [-0.4, -0.2) is 4.57 Å². The van der Waals surface area contributed by atoms with Crippen molar-refractivity contribution < 1.29 is 4.39 Å². The average Bonchev–Trinajstić information content (AvgIpc) is 2.33. The molecule has 0 aliphatic carbocycles. The molecule has 1 aromatic heterocycles. The summed E-state index contributed by atoms with van der Waals surface area (Å²) in [4.78, 5) is 11.7. The van der Waals surface area contributed by atoms with Gasteiger partial charge in [-0.2, -0.15) is 0 Å². The van der Waals surface area contributed by atoms with Gasteiger partial charge in [0.1, 0.15) is 5.82 Å². The largest absolute Gasteiger partial charge is 0.284 e. The van der Waals surface area contributed by atoms with Crippen molar-refractivity contribution in [1.82, 2.24) is 4.57 Å². The van der Waals surface area contributed by atoms with Gasteiger partial charge in [-0.05, 0) is 42.8 Å². The van der Waals surface area contributed by atoms with E-state index in [0.29, 0.717) is 5.69 Å². The zero-order valence-corrected chi connectivity index (χ0v) is 9.43. The minimum absolute atomic E-state index is 0.134. The Bertz CT molecular complexity index is 596. The third-order valence-electron chi connectivity index (χ3n) is 2.40. The summed E-state index contributed by atoms with van der Waals surface area (Å²) >= 11 is 0. The van der Waals surface area contributed by atoms with Gasteiger partial charge in [0.25, 0.3) is 5.56 Å². The van der Waals surface area contributed by atoms with Crippen LogP contribution in [0.15, 0.2) is 53.5 Å². The second-order valence-electron chi connectivity index (χ2n) is 3.65. The van der Waals surface area contributed by atoms with Crippen LogP contribution in [0.1, 0.15) is 12.5 Å². The van der Waals surface area contributed by atoms with E-state index >= 15 is 0 Å². The average molecular weight is 229 g/mol. The molecule has 0 saturated carbocycles. The third kappa shape index (κ3) is 2.50. The van der Waals surface area contributed by atoms with Gasteiger partial charge in [0.15, 0.2) is 0 Å². The van der Waals surface area contributed by atoms with Crippen molar-refractivity contribution in [1.29, 1.82) is 0 Å². The number of aromatic nitrogens is 1. The molecule has 86 valence electrons. The molecule has 0 unspecified atom stereocenters. The number of halogens is 1. The smallest absolute Gasteiger partial charge is 0.255 e. The van der Waals surface area contributed by atoms with E-state index in [-0.39, 0.29) is 11.4 Å². The fourth-order valence-corrected chi connectivity index (χ4v) is 1.60. The molecular weight excluding hydrogens is 217 g/mol. The Kier molecular flexibility index (Phi) is 3.19. The molecule has 1 aromatic carbocycles. The summed E-state index contributed by atoms with van der Waals surface area (Å²) in [5, 5.41) is 0. The van der Waals surface area contributed by atoms with E-state index in [4.69, 9.17) is 0 Å². The molecule has 0 saturated heterocycles. The van der Waals surface area contributed by atoms with Crippen molar-refractivity contribution in [3.05, 3.63) is 70.4 Å². The molecule has 0 amide bonds. The first-order valence-corrected chi connectivity index (χ1v) is 5.32. The summed E-state index contributed by atoms with van der Waals surface area (Å²) in [7, 11) is 0. The lowest BCUT2D eigenvalue weighted by Crippen LogP contribution is -2.16. The Labute approximate surface area is 98.7 Å². The Morgan fingerprint density at radius 2 is 1.82 bits per heavy atom. The highest BCUT2D eigenvalue weighted by Gasteiger charge is 2.00. The highest BCUT2D eigenvalue weighted by atomic mass is 19.1. The molecule has 3 heteroatoms. The zero-order valence-electron chi connectivity index (χ0n) is 9.43. The Morgan fingerprint density at radius 1 is 1.12 bits per heavy atom. The van der Waals surface area contributed by atoms with Gasteiger partial charge in [-0.3, -0.25) is 9.36 Å². The number of pyridine rings is 1. The first kappa shape index (κ1) is 11.3. The van der Waals surface area contributed by atoms with E-state index in [9.17, 15) is 9.18 Å². The lowest BCUT2D eigenvalue weighted by molar-refractivity contribution is 0.627. The van der Waals surface area contributed by atoms with E-state index in [0.717, 1.165) is 5.56 Å². The number of benzene rings is 1. The molecule has 0 spiro atoms. The first-order valence-electron chi connectivity index (χ1n) is 5.32. The lowest BCUT2D eigenvalue weighted by Gasteiger charge is -2.06. The van der Waals surface area contributed by atoms with Gasteiger partial charge in [0, 0.05) is 18.0 Å². The molecule has 0 aliphatic rings. The van der Waals surface area contributed by atoms with Gasteiger partial charge in [0.2, 0.25) is 0 Å². The number of rotatable bonds is 2. The maximum atomic E-state index is 12.8. The van der Waals surface area contributed by atoms with Crippen LogP contribution in [-0.2, 0) is 0 Å². The van der Waals surface area contributed by atoms with Crippen LogP contribution in [0, 0.1) is 5.82 Å². The van der Waals surface area contributed by atoms with Crippen molar-refractivity contribution in [2.75, 3.05) is 0 Å². The fourth-order valence-electron chi connectivity index (χ4n) is 1.60. The van der Waals surface area contributed by atoms with Crippen molar-refractivity contribution in [2.45, 2.75) is 6.92 Å². The molecule has 0 radical (unpaired) electrons. The van der Waals surface area contributed by atoms with Crippen LogP contribution < -0.4 is 5.56 Å². The Morgan fingerprint density at radius 3 is 2.47 bits per heavy atom. The van der Waals surface area contributed by atoms with E-state index in [1.807, 2.05) is 19.1 Å². The number of hydrogen-bond acceptors (Lipinski definition) is 1. The highest BCUT2D eigenvalue weighted by Crippen LogP contribution is 2.08. The van der Waals surface area contributed by atoms with Gasteiger partial charge < -0.3 is 0 Å². The Balaban J connectivity index is 2.54. The van der Waals surface area contributed by atoms with Crippen LogP contribution in [0.4, 0.5) is 4.39 Å². The predicted molar refractivity (Wildman–Crippen MR) is 66.7 cm³/mol. The molecular formula is C14H12FNO. The van der Waals surface area contributed by atoms with Crippen molar-refractivity contribution >= 4 is 6.08 Å². The van der Waals surface area contributed by atoms with Gasteiger partial charge in [-0.15, -0.1) is 0 Å². The van der Waals surface area contributed by atoms with Crippen molar-refractivity contribution in [3.63, 3.8) is 0 Å². The summed E-state index contributed by atoms with van der Waals surface area (Å²) in [6.07, 6.45) is 5.53. The van der Waals surface area contributed by atoms with Gasteiger partial charge in [0.05, 0.1) is 0 Å². The van der Waals surface area contributed by atoms with Gasteiger partial charge >= 0.3 is 0 Å². The van der Waals surface area contributed by atoms with E-state index < -0.39 is 0 Å². The van der Waals surface area contributed by atoms with Crippen molar-refractivity contribution in [2.24, 2.45) is 0 Å². The molecule has 0 bridgehead atoms. The van der Waals surface area contributed by atoms with E-state index in [2.05, 4.69) is 0 Å². The Hall–Kier alpha value is -2.16. The molecule has 2 aromatic rings. The van der Waals surface area contributed by atoms with Crippen LogP contribution in [0.3, 0.4) is 0 Å². The summed E-state index contributed by atoms with van der Waals surface area (Å²) in [5.41, 5.74) is 1.45. The molecule has 17 heavy (non-hydrogen) atoms. The van der Waals surface area contributed by atoms with Crippen LogP contribution in [0.2, 0.25) is 0 Å². The summed E-state index contributed by atoms with van der Waals surface area (Å²) < 4.78 is 14.3. The molecule has 0 aliphatic heterocycles. The monoisotopic (exact) mass is 229 g/mol. The second kappa shape index (κ2) is 4.78. The number of nitrogens with zero attached hydrogens (tertiary/aromatic N) is 1. The van der Waals surface area contributed by atoms with Crippen molar-refractivity contribution in [3.8, 4) is 5.69 Å². The standard InChI is InChI=1S/C14H12FNO/c1-2-3-11-4-9-14(17)16(10-11)13-7-5-12(15)6-8-13/h2-10H,1H3/b3-2+. The summed E-state index contributed by atoms with van der Waals surface area (Å²) in [6, 6.07) is 9.08. The first-order chi connectivity index (χ1) is 8.20. The predicted octanol–water partition coefficient (Wildman–Crippen LogP) is 3.01. The van der Waals surface area contributed by atoms with Gasteiger partial charge in [-0.25, -0.2) is 4.39 Å². The minimum Gasteiger partial charge on any atom is -0.284 e. The zero-order chi connectivity index (χ0) is 12.3. The SMILES string of the molecule is C/C=C/c1ccc(=O)n(-c2ccc(F)cc2)c1. The fraction of sp³-hybridized carbons (Fsp3) is 0.0714. The van der Waals surface area contributed by atoms with E-state index in [1.165, 1.54) is 22.8 Å². The van der Waals surface area contributed by atoms with Crippen LogP contribution in [0.25, 0.3) is 11.8 Å². The topological polar surface area (TPSA) is 22.0 Å². The van der Waals surface area contributed by atoms with Crippen LogP contribution >= 0.6 is 0 Å². The summed E-state index contributed by atoms with van der Waals surface area (Å²) in [6.45, 7) is 1.91. The number of hydrogen-bond donors (Lipinski definition) is 0. The molecule has 1 heterocycles. The lowest BCUT2D eigenvalue weighted by atomic mass is 10.2. The summed E-state index contributed by atoms with van der Waals surface area (Å²) in [5.74, 6) is -0.314. The third-order valence-corrected chi connectivity index (χ3v) is 2.40. The molecule has 0 N–H and O–H groups in total. The van der Waals surface area contributed by atoms with Crippen LogP contribution in [0.5, 0.6) is 0 Å². The normalized spacial score (nSPS) is 10.9. The number of allylic oxidation sites excluding steroid dienone is 1. The molecule has 0 fully saturated rings. The van der Waals surface area contributed by atoms with E-state index in [1.54, 1.807) is 24.4 Å². The molecule has 2 nitrogen and oxygen atoms in total.